The number of carbonyl (C=O) groups is 1. The molecule has 0 spiro atoms. The summed E-state index contributed by atoms with van der Waals surface area (Å²) in [5.74, 6) is 0.957. The van der Waals surface area contributed by atoms with E-state index in [2.05, 4.69) is 0 Å². The van der Waals surface area contributed by atoms with E-state index in [0.29, 0.717) is 11.5 Å². The zero-order valence-electron chi connectivity index (χ0n) is 12.1. The highest BCUT2D eigenvalue weighted by Gasteiger charge is 2.22. The fourth-order valence-electron chi connectivity index (χ4n) is 2.51. The smallest absolute Gasteiger partial charge is 0.200 e. The first-order valence-electron chi connectivity index (χ1n) is 6.76. The van der Waals surface area contributed by atoms with Gasteiger partial charge in [0, 0.05) is 5.92 Å². The van der Waals surface area contributed by atoms with E-state index in [-0.39, 0.29) is 17.5 Å². The van der Waals surface area contributed by atoms with E-state index in [1.165, 1.54) is 14.2 Å². The van der Waals surface area contributed by atoms with Crippen LogP contribution < -0.4 is 9.47 Å². The third-order valence-corrected chi connectivity index (χ3v) is 3.69. The maximum atomic E-state index is 12.1. The Bertz CT molecular complexity index is 520. The summed E-state index contributed by atoms with van der Waals surface area (Å²) in [6, 6.07) is 3.41. The van der Waals surface area contributed by atoms with Gasteiger partial charge < -0.3 is 14.6 Å². The number of aromatic hydroxyl groups is 1. The monoisotopic (exact) mass is 276 g/mol. The van der Waals surface area contributed by atoms with Crippen molar-refractivity contribution in [3.05, 3.63) is 23.3 Å². The number of carbonyl (C=O) groups excluding carboxylic acids is 1. The van der Waals surface area contributed by atoms with Crippen LogP contribution in [0.5, 0.6) is 17.2 Å². The van der Waals surface area contributed by atoms with Crippen molar-refractivity contribution in [3.8, 4) is 17.2 Å². The van der Waals surface area contributed by atoms with Crippen LogP contribution in [0.3, 0.4) is 0 Å². The second-order valence-electron chi connectivity index (χ2n) is 5.10. The predicted molar refractivity (Wildman–Crippen MR) is 77.2 cm³/mol. The van der Waals surface area contributed by atoms with Crippen LogP contribution in [0.1, 0.15) is 31.7 Å². The van der Waals surface area contributed by atoms with Gasteiger partial charge >= 0.3 is 0 Å². The number of hydrogen-bond acceptors (Lipinski definition) is 4. The fraction of sp³-hybridized carbons (Fsp3) is 0.438. The molecule has 0 aromatic heterocycles. The lowest BCUT2D eigenvalue weighted by Gasteiger charge is -2.19. The number of phenols is 1. The standard InChI is InChI=1S/C16H20O4/c1-10-5-4-6-12(15(10)17)7-11-8-13(19-2)16(18)14(9-11)20-3/h7-10,18H,4-6H2,1-3H3/b12-7+/t10-/m0/s1. The molecule has 4 heteroatoms. The summed E-state index contributed by atoms with van der Waals surface area (Å²) >= 11 is 0. The van der Waals surface area contributed by atoms with Crippen LogP contribution in [-0.2, 0) is 4.79 Å². The number of allylic oxidation sites excluding steroid dienone is 1. The molecule has 1 atom stereocenters. The summed E-state index contributed by atoms with van der Waals surface area (Å²) < 4.78 is 10.2. The third-order valence-electron chi connectivity index (χ3n) is 3.69. The lowest BCUT2D eigenvalue weighted by molar-refractivity contribution is -0.119. The minimum atomic E-state index is -0.0273. The van der Waals surface area contributed by atoms with Gasteiger partial charge in [0.05, 0.1) is 14.2 Å². The maximum Gasteiger partial charge on any atom is 0.200 e. The van der Waals surface area contributed by atoms with Gasteiger partial charge in [-0.2, -0.15) is 0 Å². The van der Waals surface area contributed by atoms with Crippen molar-refractivity contribution in [2.45, 2.75) is 26.2 Å². The topological polar surface area (TPSA) is 55.8 Å². The van der Waals surface area contributed by atoms with Gasteiger partial charge in [0.1, 0.15) is 0 Å². The van der Waals surface area contributed by atoms with Crippen LogP contribution in [0.25, 0.3) is 6.08 Å². The molecule has 0 heterocycles. The van der Waals surface area contributed by atoms with E-state index in [1.807, 2.05) is 13.0 Å². The minimum Gasteiger partial charge on any atom is -0.502 e. The average molecular weight is 276 g/mol. The summed E-state index contributed by atoms with van der Waals surface area (Å²) in [6.07, 6.45) is 4.65. The molecule has 2 rings (SSSR count). The van der Waals surface area contributed by atoms with Crippen LogP contribution >= 0.6 is 0 Å². The Morgan fingerprint density at radius 2 is 1.85 bits per heavy atom. The van der Waals surface area contributed by atoms with Gasteiger partial charge in [-0.25, -0.2) is 0 Å². The number of phenolic OH excluding ortho intramolecular Hbond substituents is 1. The molecule has 0 bridgehead atoms. The highest BCUT2D eigenvalue weighted by molar-refractivity contribution is 6.01. The molecule has 1 saturated carbocycles. The second kappa shape index (κ2) is 5.99. The van der Waals surface area contributed by atoms with Gasteiger partial charge in [0.15, 0.2) is 17.3 Å². The van der Waals surface area contributed by atoms with Crippen LogP contribution in [0, 0.1) is 5.92 Å². The second-order valence-corrected chi connectivity index (χ2v) is 5.10. The summed E-state index contributed by atoms with van der Waals surface area (Å²) in [4.78, 5) is 12.1. The molecule has 0 saturated heterocycles. The Morgan fingerprint density at radius 1 is 1.25 bits per heavy atom. The molecule has 1 aliphatic rings. The Hall–Kier alpha value is -1.97. The van der Waals surface area contributed by atoms with E-state index < -0.39 is 0 Å². The largest absolute Gasteiger partial charge is 0.502 e. The fourth-order valence-corrected chi connectivity index (χ4v) is 2.51. The molecule has 0 radical (unpaired) electrons. The predicted octanol–water partition coefficient (Wildman–Crippen LogP) is 3.18. The van der Waals surface area contributed by atoms with Crippen LogP contribution in [-0.4, -0.2) is 25.1 Å². The lowest BCUT2D eigenvalue weighted by Crippen LogP contribution is -2.18. The van der Waals surface area contributed by atoms with Gasteiger partial charge in [-0.1, -0.05) is 6.92 Å². The van der Waals surface area contributed by atoms with Crippen LogP contribution in [0.15, 0.2) is 17.7 Å². The molecule has 1 aromatic carbocycles. The summed E-state index contributed by atoms with van der Waals surface area (Å²) in [5, 5.41) is 9.88. The van der Waals surface area contributed by atoms with Gasteiger partial charge in [-0.15, -0.1) is 0 Å². The number of ether oxygens (including phenoxy) is 2. The summed E-state index contributed by atoms with van der Waals surface area (Å²) in [6.45, 7) is 1.97. The molecule has 4 nitrogen and oxygen atoms in total. The van der Waals surface area contributed by atoms with Crippen molar-refractivity contribution in [1.82, 2.24) is 0 Å². The van der Waals surface area contributed by atoms with Crippen molar-refractivity contribution >= 4 is 11.9 Å². The first kappa shape index (κ1) is 14.4. The summed E-state index contributed by atoms with van der Waals surface area (Å²) in [7, 11) is 2.97. The first-order valence-corrected chi connectivity index (χ1v) is 6.76. The number of rotatable bonds is 3. The molecule has 1 aromatic rings. The molecular weight excluding hydrogens is 256 g/mol. The van der Waals surface area contributed by atoms with Gasteiger partial charge in [0.25, 0.3) is 0 Å². The number of Topliss-reactive ketones (excluding diaryl/α,β-unsaturated/α-hetero) is 1. The zero-order valence-corrected chi connectivity index (χ0v) is 12.1. The molecule has 1 aliphatic carbocycles. The molecule has 0 unspecified atom stereocenters. The van der Waals surface area contributed by atoms with E-state index in [9.17, 15) is 9.90 Å². The quantitative estimate of drug-likeness (QED) is 0.861. The minimum absolute atomic E-state index is 0.0273. The van der Waals surface area contributed by atoms with Gasteiger partial charge in [-0.05, 0) is 48.6 Å². The van der Waals surface area contributed by atoms with Crippen molar-refractivity contribution in [2.75, 3.05) is 14.2 Å². The molecule has 1 N–H and O–H groups in total. The van der Waals surface area contributed by atoms with Gasteiger partial charge in [-0.3, -0.25) is 4.79 Å². The van der Waals surface area contributed by atoms with Crippen molar-refractivity contribution in [3.63, 3.8) is 0 Å². The van der Waals surface area contributed by atoms with Crippen molar-refractivity contribution in [2.24, 2.45) is 5.92 Å². The van der Waals surface area contributed by atoms with E-state index in [0.717, 1.165) is 30.4 Å². The number of methoxy groups -OCH3 is 2. The van der Waals surface area contributed by atoms with Crippen molar-refractivity contribution < 1.29 is 19.4 Å². The molecule has 0 amide bonds. The van der Waals surface area contributed by atoms with Crippen molar-refractivity contribution in [1.29, 1.82) is 0 Å². The average Bonchev–Trinajstić information content (AvgIpc) is 2.45. The normalized spacial score (nSPS) is 21.1. The highest BCUT2D eigenvalue weighted by atomic mass is 16.5. The Kier molecular flexibility index (Phi) is 4.32. The molecule has 0 aliphatic heterocycles. The van der Waals surface area contributed by atoms with E-state index in [4.69, 9.17) is 9.47 Å². The number of ketones is 1. The molecule has 1 fully saturated rings. The molecule has 20 heavy (non-hydrogen) atoms. The highest BCUT2D eigenvalue weighted by Crippen LogP contribution is 2.38. The Balaban J connectivity index is 2.40. The lowest BCUT2D eigenvalue weighted by atomic mass is 9.84. The number of hydrogen-bond donors (Lipinski definition) is 1. The third kappa shape index (κ3) is 2.79. The number of benzene rings is 1. The summed E-state index contributed by atoms with van der Waals surface area (Å²) in [5.41, 5.74) is 1.63. The first-order chi connectivity index (χ1) is 9.56. The van der Waals surface area contributed by atoms with Gasteiger partial charge in [0.2, 0.25) is 5.75 Å². The Labute approximate surface area is 119 Å². The van der Waals surface area contributed by atoms with E-state index >= 15 is 0 Å². The maximum absolute atomic E-state index is 12.1. The SMILES string of the molecule is COc1cc(/C=C2\CCC[C@H](C)C2=O)cc(OC)c1O. The molecular formula is C16H20O4. The molecule has 108 valence electrons. The van der Waals surface area contributed by atoms with Crippen LogP contribution in [0.2, 0.25) is 0 Å². The van der Waals surface area contributed by atoms with E-state index in [1.54, 1.807) is 12.1 Å². The van der Waals surface area contributed by atoms with Crippen LogP contribution in [0.4, 0.5) is 0 Å². The zero-order chi connectivity index (χ0) is 14.7. The Morgan fingerprint density at radius 3 is 2.40 bits per heavy atom.